The van der Waals surface area contributed by atoms with Gasteiger partial charge in [0.1, 0.15) is 5.54 Å². The summed E-state index contributed by atoms with van der Waals surface area (Å²) in [6.07, 6.45) is 7.29. The molecule has 0 amide bonds. The Morgan fingerprint density at radius 1 is 1.41 bits per heavy atom. The summed E-state index contributed by atoms with van der Waals surface area (Å²) in [4.78, 5) is 12.1. The van der Waals surface area contributed by atoms with Crippen LogP contribution in [0.15, 0.2) is 0 Å². The molecule has 2 aliphatic rings. The third-order valence-corrected chi connectivity index (χ3v) is 4.96. The molecular formula is C13H23NO2S. The van der Waals surface area contributed by atoms with Crippen molar-refractivity contribution in [2.75, 3.05) is 18.1 Å². The minimum absolute atomic E-state index is 0.0319. The Labute approximate surface area is 108 Å². The molecule has 1 saturated heterocycles. The third-order valence-electron chi connectivity index (χ3n) is 3.77. The number of rotatable bonds is 4. The smallest absolute Gasteiger partial charge is 0.327 e. The predicted molar refractivity (Wildman–Crippen MR) is 71.3 cm³/mol. The molecule has 98 valence electrons. The maximum Gasteiger partial charge on any atom is 0.327 e. The molecule has 17 heavy (non-hydrogen) atoms. The third kappa shape index (κ3) is 3.16. The van der Waals surface area contributed by atoms with Gasteiger partial charge in [-0.2, -0.15) is 11.8 Å². The average molecular weight is 257 g/mol. The van der Waals surface area contributed by atoms with Crippen molar-refractivity contribution in [1.29, 1.82) is 0 Å². The van der Waals surface area contributed by atoms with E-state index in [4.69, 9.17) is 4.74 Å². The minimum Gasteiger partial charge on any atom is -0.465 e. The molecule has 1 saturated carbocycles. The molecule has 0 aromatic heterocycles. The van der Waals surface area contributed by atoms with E-state index in [-0.39, 0.29) is 11.5 Å². The largest absolute Gasteiger partial charge is 0.465 e. The van der Waals surface area contributed by atoms with Crippen LogP contribution in [0.5, 0.6) is 0 Å². The van der Waals surface area contributed by atoms with E-state index in [1.54, 1.807) is 0 Å². The van der Waals surface area contributed by atoms with Crippen molar-refractivity contribution in [3.8, 4) is 0 Å². The molecule has 0 aromatic rings. The van der Waals surface area contributed by atoms with Crippen molar-refractivity contribution in [2.45, 2.75) is 57.0 Å². The second-order valence-electron chi connectivity index (χ2n) is 5.08. The van der Waals surface area contributed by atoms with Crippen LogP contribution in [0.1, 0.15) is 45.4 Å². The van der Waals surface area contributed by atoms with Gasteiger partial charge in [0.2, 0.25) is 0 Å². The quantitative estimate of drug-likeness (QED) is 0.785. The average Bonchev–Trinajstić information content (AvgIpc) is 2.80. The highest BCUT2D eigenvalue weighted by Crippen LogP contribution is 2.31. The molecule has 0 bridgehead atoms. The lowest BCUT2D eigenvalue weighted by Crippen LogP contribution is -2.57. The van der Waals surface area contributed by atoms with E-state index in [0.717, 1.165) is 17.9 Å². The lowest BCUT2D eigenvalue weighted by atomic mass is 9.90. The first kappa shape index (κ1) is 13.2. The number of hydrogen-bond donors (Lipinski definition) is 1. The molecule has 1 heterocycles. The molecule has 0 spiro atoms. The lowest BCUT2D eigenvalue weighted by molar-refractivity contribution is -0.150. The fourth-order valence-electron chi connectivity index (χ4n) is 2.81. The number of hydrogen-bond acceptors (Lipinski definition) is 4. The maximum absolute atomic E-state index is 12.1. The van der Waals surface area contributed by atoms with E-state index in [2.05, 4.69) is 5.32 Å². The van der Waals surface area contributed by atoms with E-state index in [1.807, 2.05) is 18.7 Å². The Kier molecular flexibility index (Phi) is 4.74. The van der Waals surface area contributed by atoms with Gasteiger partial charge in [-0.1, -0.05) is 19.3 Å². The van der Waals surface area contributed by atoms with Crippen molar-refractivity contribution in [3.63, 3.8) is 0 Å². The van der Waals surface area contributed by atoms with Gasteiger partial charge < -0.3 is 4.74 Å². The molecule has 0 aromatic carbocycles. The van der Waals surface area contributed by atoms with Crippen LogP contribution in [0.25, 0.3) is 0 Å². The number of esters is 1. The van der Waals surface area contributed by atoms with Crippen LogP contribution < -0.4 is 5.32 Å². The standard InChI is InChI=1S/C13H23NO2S/c1-2-16-12(15)13(8-9-17-10-13)14-11-6-4-3-5-7-11/h11,14H,2-10H2,1H3. The molecule has 4 heteroatoms. The number of carbonyl (C=O) groups is 1. The van der Waals surface area contributed by atoms with Gasteiger partial charge in [-0.3, -0.25) is 10.1 Å². The molecule has 2 rings (SSSR count). The zero-order chi connectivity index (χ0) is 12.1. The normalized spacial score (nSPS) is 30.4. The van der Waals surface area contributed by atoms with Crippen LogP contribution in [0.2, 0.25) is 0 Å². The van der Waals surface area contributed by atoms with Gasteiger partial charge in [-0.15, -0.1) is 0 Å². The molecular weight excluding hydrogens is 234 g/mol. The van der Waals surface area contributed by atoms with Gasteiger partial charge in [-0.25, -0.2) is 0 Å². The van der Waals surface area contributed by atoms with Crippen LogP contribution in [-0.4, -0.2) is 35.7 Å². The Balaban J connectivity index is 1.97. The van der Waals surface area contributed by atoms with E-state index in [1.165, 1.54) is 32.1 Å². The van der Waals surface area contributed by atoms with Crippen LogP contribution in [0.3, 0.4) is 0 Å². The van der Waals surface area contributed by atoms with Gasteiger partial charge in [0.25, 0.3) is 0 Å². The van der Waals surface area contributed by atoms with Gasteiger partial charge in [-0.05, 0) is 31.9 Å². The van der Waals surface area contributed by atoms with Gasteiger partial charge >= 0.3 is 5.97 Å². The fraction of sp³-hybridized carbons (Fsp3) is 0.923. The zero-order valence-corrected chi connectivity index (χ0v) is 11.5. The molecule has 2 fully saturated rings. The van der Waals surface area contributed by atoms with E-state index in [9.17, 15) is 4.79 Å². The summed E-state index contributed by atoms with van der Waals surface area (Å²) >= 11 is 1.86. The highest BCUT2D eigenvalue weighted by atomic mass is 32.2. The summed E-state index contributed by atoms with van der Waals surface area (Å²) in [5.41, 5.74) is -0.386. The SMILES string of the molecule is CCOC(=O)C1(NC2CCCCC2)CCSC1. The summed E-state index contributed by atoms with van der Waals surface area (Å²) in [5.74, 6) is 1.91. The topological polar surface area (TPSA) is 38.3 Å². The van der Waals surface area contributed by atoms with Crippen LogP contribution in [-0.2, 0) is 9.53 Å². The lowest BCUT2D eigenvalue weighted by Gasteiger charge is -2.34. The first-order chi connectivity index (χ1) is 8.27. The Bertz CT molecular complexity index is 258. The number of carbonyl (C=O) groups excluding carboxylic acids is 1. The van der Waals surface area contributed by atoms with Gasteiger partial charge in [0.05, 0.1) is 6.61 Å². The fourth-order valence-corrected chi connectivity index (χ4v) is 4.14. The maximum atomic E-state index is 12.1. The molecule has 1 aliphatic heterocycles. The highest BCUT2D eigenvalue weighted by molar-refractivity contribution is 7.99. The van der Waals surface area contributed by atoms with E-state index < -0.39 is 0 Å². The molecule has 3 nitrogen and oxygen atoms in total. The number of thioether (sulfide) groups is 1. The number of ether oxygens (including phenoxy) is 1. The Morgan fingerprint density at radius 3 is 2.76 bits per heavy atom. The molecule has 1 aliphatic carbocycles. The molecule has 1 unspecified atom stereocenters. The predicted octanol–water partition coefficient (Wildman–Crippen LogP) is 2.35. The summed E-state index contributed by atoms with van der Waals surface area (Å²) in [6, 6.07) is 0.520. The van der Waals surface area contributed by atoms with Crippen molar-refractivity contribution in [2.24, 2.45) is 0 Å². The second-order valence-corrected chi connectivity index (χ2v) is 6.19. The monoisotopic (exact) mass is 257 g/mol. The minimum atomic E-state index is -0.386. The summed E-state index contributed by atoms with van der Waals surface area (Å²) in [6.45, 7) is 2.37. The summed E-state index contributed by atoms with van der Waals surface area (Å²) in [5, 5.41) is 3.62. The van der Waals surface area contributed by atoms with E-state index >= 15 is 0 Å². The van der Waals surface area contributed by atoms with Crippen LogP contribution in [0, 0.1) is 0 Å². The van der Waals surface area contributed by atoms with Crippen molar-refractivity contribution < 1.29 is 9.53 Å². The summed E-state index contributed by atoms with van der Waals surface area (Å²) in [7, 11) is 0. The molecule has 0 radical (unpaired) electrons. The first-order valence-corrected chi connectivity index (χ1v) is 7.95. The van der Waals surface area contributed by atoms with Crippen LogP contribution >= 0.6 is 11.8 Å². The highest BCUT2D eigenvalue weighted by Gasteiger charge is 2.44. The number of nitrogens with one attached hydrogen (secondary N) is 1. The van der Waals surface area contributed by atoms with Gasteiger partial charge in [0.15, 0.2) is 0 Å². The Morgan fingerprint density at radius 2 is 2.18 bits per heavy atom. The first-order valence-electron chi connectivity index (χ1n) is 6.79. The Hall–Kier alpha value is -0.220. The van der Waals surface area contributed by atoms with Crippen LogP contribution in [0.4, 0.5) is 0 Å². The van der Waals surface area contributed by atoms with Crippen molar-refractivity contribution >= 4 is 17.7 Å². The molecule has 1 N–H and O–H groups in total. The zero-order valence-electron chi connectivity index (χ0n) is 10.7. The van der Waals surface area contributed by atoms with E-state index in [0.29, 0.717) is 12.6 Å². The van der Waals surface area contributed by atoms with Crippen molar-refractivity contribution in [1.82, 2.24) is 5.32 Å². The van der Waals surface area contributed by atoms with Crippen molar-refractivity contribution in [3.05, 3.63) is 0 Å². The summed E-state index contributed by atoms with van der Waals surface area (Å²) < 4.78 is 5.26. The second kappa shape index (κ2) is 6.10. The molecule has 1 atom stereocenters. The van der Waals surface area contributed by atoms with Gasteiger partial charge in [0, 0.05) is 11.8 Å².